The number of carbonyl (C=O) groups is 2. The smallest absolute Gasteiger partial charge is 0.338 e. The molecular formula is C23H16N4O3. The van der Waals surface area contributed by atoms with Gasteiger partial charge in [0.15, 0.2) is 0 Å². The molecule has 0 radical (unpaired) electrons. The number of hydrogen-bond donors (Lipinski definition) is 1. The third-order valence-electron chi connectivity index (χ3n) is 4.30. The summed E-state index contributed by atoms with van der Waals surface area (Å²) in [6, 6.07) is 22.9. The molecule has 4 rings (SSSR count). The normalized spacial score (nSPS) is 10.8. The zero-order valence-corrected chi connectivity index (χ0v) is 15.7. The van der Waals surface area contributed by atoms with Crippen LogP contribution in [0.1, 0.15) is 20.7 Å². The molecule has 0 saturated carbocycles. The van der Waals surface area contributed by atoms with Crippen molar-refractivity contribution >= 4 is 34.0 Å². The quantitative estimate of drug-likeness (QED) is 0.363. The standard InChI is InChI=1S/C23H16N4O3/c28-22(17-11-13-24-14-12-17)26-25-20-7-9-21(10-8-20)27-30-23(29)19-6-5-16-3-1-2-4-18(16)15-19/h1-15,27H. The number of benzene rings is 3. The molecule has 1 amide bonds. The summed E-state index contributed by atoms with van der Waals surface area (Å²) >= 11 is 0. The molecule has 0 saturated heterocycles. The monoisotopic (exact) mass is 396 g/mol. The minimum Gasteiger partial charge on any atom is -0.338 e. The number of nitrogens with zero attached hydrogens (tertiary/aromatic N) is 3. The van der Waals surface area contributed by atoms with Gasteiger partial charge in [-0.05, 0) is 59.3 Å². The Morgan fingerprint density at radius 3 is 2.30 bits per heavy atom. The van der Waals surface area contributed by atoms with Crippen LogP contribution < -0.4 is 5.48 Å². The number of carbonyl (C=O) groups excluding carboxylic acids is 2. The van der Waals surface area contributed by atoms with Crippen LogP contribution in [-0.2, 0) is 4.84 Å². The first kappa shape index (κ1) is 18.9. The van der Waals surface area contributed by atoms with Crippen molar-refractivity contribution in [3.8, 4) is 0 Å². The van der Waals surface area contributed by atoms with Crippen molar-refractivity contribution in [3.05, 3.63) is 102 Å². The fourth-order valence-electron chi connectivity index (χ4n) is 2.73. The van der Waals surface area contributed by atoms with Gasteiger partial charge in [-0.1, -0.05) is 30.3 Å². The maximum absolute atomic E-state index is 12.3. The van der Waals surface area contributed by atoms with Crippen LogP contribution in [-0.4, -0.2) is 16.9 Å². The lowest BCUT2D eigenvalue weighted by Crippen LogP contribution is -2.10. The molecule has 1 heterocycles. The summed E-state index contributed by atoms with van der Waals surface area (Å²) in [5.74, 6) is -0.948. The average Bonchev–Trinajstić information content (AvgIpc) is 2.82. The van der Waals surface area contributed by atoms with E-state index in [9.17, 15) is 9.59 Å². The molecule has 1 aromatic heterocycles. The molecule has 0 aliphatic heterocycles. The summed E-state index contributed by atoms with van der Waals surface area (Å²) < 4.78 is 0. The van der Waals surface area contributed by atoms with E-state index in [0.29, 0.717) is 22.5 Å². The highest BCUT2D eigenvalue weighted by Crippen LogP contribution is 2.19. The van der Waals surface area contributed by atoms with Gasteiger partial charge >= 0.3 is 5.97 Å². The first-order valence-electron chi connectivity index (χ1n) is 9.11. The van der Waals surface area contributed by atoms with Gasteiger partial charge in [0, 0.05) is 18.0 Å². The molecule has 1 N–H and O–H groups in total. The molecule has 0 bridgehead atoms. The molecular weight excluding hydrogens is 380 g/mol. The van der Waals surface area contributed by atoms with Gasteiger partial charge in [-0.3, -0.25) is 9.78 Å². The number of nitrogens with one attached hydrogen (secondary N) is 1. The van der Waals surface area contributed by atoms with Crippen molar-refractivity contribution < 1.29 is 14.4 Å². The molecule has 4 aromatic rings. The van der Waals surface area contributed by atoms with Gasteiger partial charge in [0.1, 0.15) is 0 Å². The van der Waals surface area contributed by atoms with Crippen LogP contribution >= 0.6 is 0 Å². The highest BCUT2D eigenvalue weighted by Gasteiger charge is 2.08. The molecule has 0 unspecified atom stereocenters. The summed E-state index contributed by atoms with van der Waals surface area (Å²) in [7, 11) is 0. The lowest BCUT2D eigenvalue weighted by molar-refractivity contribution is 0.0596. The highest BCUT2D eigenvalue weighted by molar-refractivity contribution is 5.96. The van der Waals surface area contributed by atoms with Crippen LogP contribution in [0.3, 0.4) is 0 Å². The molecule has 30 heavy (non-hydrogen) atoms. The van der Waals surface area contributed by atoms with E-state index in [1.165, 1.54) is 12.4 Å². The number of amides is 1. The number of anilines is 1. The SMILES string of the molecule is O=C(N=Nc1ccc(NOC(=O)c2ccc3ccccc3c2)cc1)c1ccncc1. The molecule has 0 aliphatic rings. The number of hydrogen-bond acceptors (Lipinski definition) is 6. The van der Waals surface area contributed by atoms with Crippen molar-refractivity contribution in [1.82, 2.24) is 4.98 Å². The van der Waals surface area contributed by atoms with Crippen molar-refractivity contribution in [2.24, 2.45) is 10.2 Å². The van der Waals surface area contributed by atoms with Crippen LogP contribution in [0.25, 0.3) is 10.8 Å². The fraction of sp³-hybridized carbons (Fsp3) is 0. The van der Waals surface area contributed by atoms with E-state index < -0.39 is 11.9 Å². The van der Waals surface area contributed by atoms with Crippen LogP contribution in [0.2, 0.25) is 0 Å². The Labute approximate surface area is 172 Å². The molecule has 7 heteroatoms. The Hall–Kier alpha value is -4.39. The van der Waals surface area contributed by atoms with Gasteiger partial charge in [0.2, 0.25) is 0 Å². The van der Waals surface area contributed by atoms with E-state index in [1.54, 1.807) is 48.5 Å². The van der Waals surface area contributed by atoms with E-state index >= 15 is 0 Å². The van der Waals surface area contributed by atoms with Crippen molar-refractivity contribution in [1.29, 1.82) is 0 Å². The molecule has 0 spiro atoms. The zero-order valence-electron chi connectivity index (χ0n) is 15.7. The minimum atomic E-state index is -0.493. The second kappa shape index (κ2) is 8.74. The Bertz CT molecular complexity index is 1220. The predicted octanol–water partition coefficient (Wildman–Crippen LogP) is 5.34. The molecule has 7 nitrogen and oxygen atoms in total. The maximum Gasteiger partial charge on any atom is 0.362 e. The van der Waals surface area contributed by atoms with Crippen molar-refractivity contribution in [2.45, 2.75) is 0 Å². The third kappa shape index (κ3) is 4.53. The number of fused-ring (bicyclic) bond motifs is 1. The van der Waals surface area contributed by atoms with Gasteiger partial charge in [0.05, 0.1) is 16.9 Å². The van der Waals surface area contributed by atoms with Crippen LogP contribution in [0.15, 0.2) is 101 Å². The van der Waals surface area contributed by atoms with Crippen LogP contribution in [0.4, 0.5) is 11.4 Å². The van der Waals surface area contributed by atoms with E-state index in [1.807, 2.05) is 30.3 Å². The lowest BCUT2D eigenvalue weighted by Gasteiger charge is -2.07. The van der Waals surface area contributed by atoms with E-state index in [4.69, 9.17) is 4.84 Å². The van der Waals surface area contributed by atoms with Crippen LogP contribution in [0.5, 0.6) is 0 Å². The predicted molar refractivity (Wildman–Crippen MR) is 113 cm³/mol. The van der Waals surface area contributed by atoms with E-state index in [-0.39, 0.29) is 0 Å². The summed E-state index contributed by atoms with van der Waals surface area (Å²) in [6.45, 7) is 0. The minimum absolute atomic E-state index is 0.410. The Morgan fingerprint density at radius 1 is 0.800 bits per heavy atom. The molecule has 0 fully saturated rings. The van der Waals surface area contributed by atoms with Gasteiger partial charge in [-0.2, -0.15) is 0 Å². The third-order valence-corrected chi connectivity index (χ3v) is 4.30. The Balaban J connectivity index is 1.35. The Morgan fingerprint density at radius 2 is 1.53 bits per heavy atom. The largest absolute Gasteiger partial charge is 0.362 e. The molecule has 0 aliphatic carbocycles. The number of aromatic nitrogens is 1. The summed E-state index contributed by atoms with van der Waals surface area (Å²) in [6.07, 6.45) is 3.03. The molecule has 0 atom stereocenters. The second-order valence-corrected chi connectivity index (χ2v) is 6.34. The summed E-state index contributed by atoms with van der Waals surface area (Å²) in [4.78, 5) is 33.2. The highest BCUT2D eigenvalue weighted by atomic mass is 16.7. The van der Waals surface area contributed by atoms with Gasteiger partial charge < -0.3 is 4.84 Å². The average molecular weight is 396 g/mol. The zero-order chi connectivity index (χ0) is 20.8. The summed E-state index contributed by atoms with van der Waals surface area (Å²) in [5.41, 5.74) is 4.52. The number of pyridine rings is 1. The fourth-order valence-corrected chi connectivity index (χ4v) is 2.73. The van der Waals surface area contributed by atoms with Crippen molar-refractivity contribution in [3.63, 3.8) is 0 Å². The number of azo groups is 1. The second-order valence-electron chi connectivity index (χ2n) is 6.34. The topological polar surface area (TPSA) is 93.0 Å². The summed E-state index contributed by atoms with van der Waals surface area (Å²) in [5, 5.41) is 9.61. The van der Waals surface area contributed by atoms with E-state index in [2.05, 4.69) is 20.7 Å². The van der Waals surface area contributed by atoms with Gasteiger partial charge in [-0.15, -0.1) is 10.2 Å². The molecule has 3 aromatic carbocycles. The number of rotatable bonds is 5. The van der Waals surface area contributed by atoms with Crippen LogP contribution in [0, 0.1) is 0 Å². The molecule has 146 valence electrons. The van der Waals surface area contributed by atoms with E-state index in [0.717, 1.165) is 10.8 Å². The lowest BCUT2D eigenvalue weighted by atomic mass is 10.1. The Kier molecular flexibility index (Phi) is 5.52. The van der Waals surface area contributed by atoms with Gasteiger partial charge in [-0.25, -0.2) is 10.3 Å². The van der Waals surface area contributed by atoms with Gasteiger partial charge in [0.25, 0.3) is 5.91 Å². The first-order valence-corrected chi connectivity index (χ1v) is 9.11. The first-order chi connectivity index (χ1) is 14.7. The van der Waals surface area contributed by atoms with Crippen molar-refractivity contribution in [2.75, 3.05) is 5.48 Å². The maximum atomic E-state index is 12.3.